The molecule has 2 aromatic carbocycles. The van der Waals surface area contributed by atoms with Crippen molar-refractivity contribution < 1.29 is 25.2 Å². The van der Waals surface area contributed by atoms with Gasteiger partial charge in [-0.25, -0.2) is 13.6 Å². The van der Waals surface area contributed by atoms with Crippen LogP contribution in [0.1, 0.15) is 11.3 Å². The van der Waals surface area contributed by atoms with E-state index in [-0.39, 0.29) is 17.3 Å². The van der Waals surface area contributed by atoms with Gasteiger partial charge in [-0.3, -0.25) is 0 Å². The van der Waals surface area contributed by atoms with Crippen LogP contribution in [0.25, 0.3) is 11.3 Å². The number of hydrogen-bond donors (Lipinski definition) is 2. The zero-order valence-corrected chi connectivity index (χ0v) is 17.7. The van der Waals surface area contributed by atoms with Gasteiger partial charge in [-0.15, -0.1) is 0 Å². The quantitative estimate of drug-likeness (QED) is 0.520. The fourth-order valence-corrected chi connectivity index (χ4v) is 3.49. The topological polar surface area (TPSA) is 85.3 Å². The van der Waals surface area contributed by atoms with E-state index < -0.39 is 10.0 Å². The fraction of sp³-hybridized carbons (Fsp3) is 0.158. The predicted octanol–water partition coefficient (Wildman–Crippen LogP) is 1.24. The van der Waals surface area contributed by atoms with E-state index in [0.29, 0.717) is 28.9 Å². The van der Waals surface area contributed by atoms with E-state index in [0.717, 1.165) is 23.3 Å². The molecule has 0 fully saturated rings. The molecule has 0 aliphatic rings. The number of nitrogens with two attached hydrogens (primary N) is 1. The first-order valence-corrected chi connectivity index (χ1v) is 10.5. The largest absolute Gasteiger partial charge is 1.00 e. The summed E-state index contributed by atoms with van der Waals surface area (Å²) in [5, 5.41) is 9.55. The molecular formula is C19H18Cl3N2O3S-. The zero-order chi connectivity index (χ0) is 19.4. The second kappa shape index (κ2) is 9.78. The molecule has 0 amide bonds. The molecule has 1 aromatic heterocycles. The van der Waals surface area contributed by atoms with Gasteiger partial charge in [0.1, 0.15) is 11.5 Å². The normalized spacial score (nSPS) is 11.2. The maximum atomic E-state index is 11.2. The molecule has 3 rings (SSSR count). The molecule has 0 radical (unpaired) electrons. The molecule has 0 saturated carbocycles. The van der Waals surface area contributed by atoms with Crippen molar-refractivity contribution in [2.24, 2.45) is 5.14 Å². The Kier molecular flexibility index (Phi) is 7.95. The number of furan rings is 1. The third kappa shape index (κ3) is 5.98. The highest BCUT2D eigenvalue weighted by Gasteiger charge is 2.10. The van der Waals surface area contributed by atoms with E-state index in [9.17, 15) is 8.42 Å². The van der Waals surface area contributed by atoms with Crippen LogP contribution in [0.15, 0.2) is 63.9 Å². The van der Waals surface area contributed by atoms with E-state index in [2.05, 4.69) is 5.32 Å². The lowest BCUT2D eigenvalue weighted by molar-refractivity contribution is -0.00000844. The minimum atomic E-state index is -3.65. The molecule has 28 heavy (non-hydrogen) atoms. The Morgan fingerprint density at radius 1 is 1.00 bits per heavy atom. The van der Waals surface area contributed by atoms with Gasteiger partial charge in [0.15, 0.2) is 0 Å². The molecule has 0 spiro atoms. The van der Waals surface area contributed by atoms with Crippen molar-refractivity contribution in [1.29, 1.82) is 0 Å². The Bertz CT molecular complexity index is 1030. The molecule has 0 saturated heterocycles. The summed E-state index contributed by atoms with van der Waals surface area (Å²) < 4.78 is 28.3. The predicted molar refractivity (Wildman–Crippen MR) is 107 cm³/mol. The van der Waals surface area contributed by atoms with Crippen molar-refractivity contribution in [3.8, 4) is 11.3 Å². The number of halogens is 3. The second-order valence-corrected chi connectivity index (χ2v) is 8.41. The molecule has 1 heterocycles. The molecule has 9 heteroatoms. The van der Waals surface area contributed by atoms with Gasteiger partial charge in [-0.1, -0.05) is 35.3 Å². The van der Waals surface area contributed by atoms with Crippen LogP contribution in [0.5, 0.6) is 0 Å². The van der Waals surface area contributed by atoms with Crippen LogP contribution >= 0.6 is 23.2 Å². The first-order valence-electron chi connectivity index (χ1n) is 8.19. The Hall–Kier alpha value is -1.54. The van der Waals surface area contributed by atoms with Crippen LogP contribution in [0.2, 0.25) is 10.0 Å². The summed E-state index contributed by atoms with van der Waals surface area (Å²) >= 11 is 12.2. The van der Waals surface area contributed by atoms with E-state index in [4.69, 9.17) is 32.8 Å². The van der Waals surface area contributed by atoms with Crippen molar-refractivity contribution in [2.75, 3.05) is 6.54 Å². The van der Waals surface area contributed by atoms with Crippen LogP contribution in [-0.2, 0) is 23.0 Å². The van der Waals surface area contributed by atoms with Crippen molar-refractivity contribution >= 4 is 33.2 Å². The van der Waals surface area contributed by atoms with Gasteiger partial charge in [-0.05, 0) is 61.0 Å². The van der Waals surface area contributed by atoms with Crippen molar-refractivity contribution in [3.05, 3.63) is 76.0 Å². The van der Waals surface area contributed by atoms with Crippen LogP contribution < -0.4 is 22.9 Å². The van der Waals surface area contributed by atoms with Gasteiger partial charge < -0.3 is 22.1 Å². The molecule has 0 aliphatic carbocycles. The molecule has 0 unspecified atom stereocenters. The Morgan fingerprint density at radius 3 is 2.39 bits per heavy atom. The molecule has 5 nitrogen and oxygen atoms in total. The van der Waals surface area contributed by atoms with E-state index in [1.807, 2.05) is 12.1 Å². The number of rotatable bonds is 7. The number of hydrogen-bond acceptors (Lipinski definition) is 4. The smallest absolute Gasteiger partial charge is 0.238 e. The first kappa shape index (κ1) is 22.7. The van der Waals surface area contributed by atoms with Gasteiger partial charge in [0.05, 0.1) is 16.5 Å². The summed E-state index contributed by atoms with van der Waals surface area (Å²) in [4.78, 5) is 0.113. The Labute approximate surface area is 180 Å². The highest BCUT2D eigenvalue weighted by atomic mass is 35.5. The molecule has 3 aromatic rings. The highest BCUT2D eigenvalue weighted by Crippen LogP contribution is 2.31. The van der Waals surface area contributed by atoms with E-state index in [1.165, 1.54) is 12.1 Å². The van der Waals surface area contributed by atoms with Gasteiger partial charge >= 0.3 is 0 Å². The highest BCUT2D eigenvalue weighted by molar-refractivity contribution is 7.89. The lowest BCUT2D eigenvalue weighted by atomic mass is 10.1. The van der Waals surface area contributed by atoms with Crippen LogP contribution in [0, 0.1) is 0 Å². The summed E-state index contributed by atoms with van der Waals surface area (Å²) in [5.41, 5.74) is 1.77. The summed E-state index contributed by atoms with van der Waals surface area (Å²) in [5.74, 6) is 1.45. The van der Waals surface area contributed by atoms with Crippen molar-refractivity contribution in [2.45, 2.75) is 17.9 Å². The van der Waals surface area contributed by atoms with Crippen LogP contribution in [-0.4, -0.2) is 15.0 Å². The van der Waals surface area contributed by atoms with Gasteiger partial charge in [0.2, 0.25) is 10.0 Å². The fourth-order valence-electron chi connectivity index (χ4n) is 2.59. The second-order valence-electron chi connectivity index (χ2n) is 6.01. The lowest BCUT2D eigenvalue weighted by Gasteiger charge is -2.05. The maximum absolute atomic E-state index is 11.2. The standard InChI is InChI=1S/C19H18Cl2N2O3S.ClH/c20-14-3-7-18(21)17(11-14)19-8-4-15(26-19)12-23-10-9-13-1-5-16(6-2-13)27(22,24)25;/h1-8,11,23H,9-10,12H2,(H2,22,24,25);1H/p-1. The zero-order valence-electron chi connectivity index (χ0n) is 14.7. The first-order chi connectivity index (χ1) is 12.8. The monoisotopic (exact) mass is 459 g/mol. The third-order valence-electron chi connectivity index (χ3n) is 4.00. The summed E-state index contributed by atoms with van der Waals surface area (Å²) in [7, 11) is -3.65. The average molecular weight is 461 g/mol. The van der Waals surface area contributed by atoms with Crippen LogP contribution in [0.3, 0.4) is 0 Å². The Morgan fingerprint density at radius 2 is 1.71 bits per heavy atom. The van der Waals surface area contributed by atoms with Gasteiger partial charge in [0, 0.05) is 10.6 Å². The minimum Gasteiger partial charge on any atom is -1.00 e. The number of benzene rings is 2. The number of nitrogens with one attached hydrogen (secondary N) is 1. The third-order valence-corrected chi connectivity index (χ3v) is 5.49. The molecule has 0 aliphatic heterocycles. The number of sulfonamides is 1. The minimum absolute atomic E-state index is 0. The Balaban J connectivity index is 0.00000280. The van der Waals surface area contributed by atoms with E-state index >= 15 is 0 Å². The van der Waals surface area contributed by atoms with Gasteiger partial charge in [-0.2, -0.15) is 0 Å². The average Bonchev–Trinajstić information content (AvgIpc) is 3.09. The SMILES string of the molecule is NS(=O)(=O)c1ccc(CCNCc2ccc(-c3cc(Cl)ccc3Cl)o2)cc1.[Cl-]. The maximum Gasteiger partial charge on any atom is 0.238 e. The van der Waals surface area contributed by atoms with Gasteiger partial charge in [0.25, 0.3) is 0 Å². The summed E-state index contributed by atoms with van der Waals surface area (Å²) in [6.45, 7) is 1.27. The lowest BCUT2D eigenvalue weighted by Crippen LogP contribution is -3.00. The van der Waals surface area contributed by atoms with Crippen molar-refractivity contribution in [3.63, 3.8) is 0 Å². The molecule has 150 valence electrons. The summed E-state index contributed by atoms with van der Waals surface area (Å²) in [6.07, 6.45) is 0.749. The summed E-state index contributed by atoms with van der Waals surface area (Å²) in [6, 6.07) is 15.5. The van der Waals surface area contributed by atoms with Crippen molar-refractivity contribution in [1.82, 2.24) is 5.32 Å². The number of primary sulfonamides is 1. The molecular weight excluding hydrogens is 443 g/mol. The van der Waals surface area contributed by atoms with E-state index in [1.54, 1.807) is 30.3 Å². The molecule has 3 N–H and O–H groups in total. The molecule has 0 bridgehead atoms. The van der Waals surface area contributed by atoms with Crippen LogP contribution in [0.4, 0.5) is 0 Å². The molecule has 0 atom stereocenters.